The molecule has 8 nitrogen and oxygen atoms in total. The molecular weight excluding hydrogens is 370 g/mol. The second-order valence-electron chi connectivity index (χ2n) is 6.35. The van der Waals surface area contributed by atoms with Gasteiger partial charge in [-0.15, -0.1) is 0 Å². The molecule has 0 aliphatic heterocycles. The van der Waals surface area contributed by atoms with Crippen molar-refractivity contribution in [2.75, 3.05) is 12.4 Å². The van der Waals surface area contributed by atoms with E-state index in [1.807, 2.05) is 35.9 Å². The van der Waals surface area contributed by atoms with Crippen LogP contribution in [0.25, 0.3) is 11.0 Å². The van der Waals surface area contributed by atoms with Crippen LogP contribution in [0.1, 0.15) is 10.5 Å². The van der Waals surface area contributed by atoms with Crippen LogP contribution in [0.3, 0.4) is 0 Å². The van der Waals surface area contributed by atoms with E-state index in [0.717, 1.165) is 11.0 Å². The second kappa shape index (κ2) is 7.51. The average molecular weight is 389 g/mol. The molecule has 0 aliphatic rings. The molecule has 2 heterocycles. The summed E-state index contributed by atoms with van der Waals surface area (Å²) in [5.74, 6) is 1.54. The van der Waals surface area contributed by atoms with E-state index in [2.05, 4.69) is 20.6 Å². The summed E-state index contributed by atoms with van der Waals surface area (Å²) < 4.78 is 7.77. The fourth-order valence-electron chi connectivity index (χ4n) is 2.92. The number of hydrogen-bond donors (Lipinski definition) is 3. The monoisotopic (exact) mass is 389 g/mol. The highest BCUT2D eigenvalue weighted by Gasteiger charge is 2.12. The van der Waals surface area contributed by atoms with Gasteiger partial charge in [0.15, 0.2) is 0 Å². The smallest absolute Gasteiger partial charge is 0.269 e. The lowest BCUT2D eigenvalue weighted by molar-refractivity contribution is 0.0958. The van der Waals surface area contributed by atoms with Gasteiger partial charge >= 0.3 is 0 Å². The topological polar surface area (TPSA) is 101 Å². The van der Waals surface area contributed by atoms with Gasteiger partial charge in [-0.2, -0.15) is 0 Å². The predicted molar refractivity (Wildman–Crippen MR) is 110 cm³/mol. The lowest BCUT2D eigenvalue weighted by atomic mass is 10.3. The molecule has 29 heavy (non-hydrogen) atoms. The van der Waals surface area contributed by atoms with E-state index in [0.29, 0.717) is 23.1 Å². The van der Waals surface area contributed by atoms with Gasteiger partial charge in [0.2, 0.25) is 5.95 Å². The SMILES string of the molecule is CNC(=O)c1cc(Oc2ccc3c(c2)nc(Nc2ccccc2O)n3C)ccn1. The Bertz CT molecular complexity index is 1200. The minimum Gasteiger partial charge on any atom is -0.506 e. The van der Waals surface area contributed by atoms with Gasteiger partial charge in [0.1, 0.15) is 22.9 Å². The summed E-state index contributed by atoms with van der Waals surface area (Å²) in [6.07, 6.45) is 1.52. The Hall–Kier alpha value is -4.07. The van der Waals surface area contributed by atoms with Crippen molar-refractivity contribution in [2.45, 2.75) is 0 Å². The third-order valence-corrected chi connectivity index (χ3v) is 4.43. The number of imidazole rings is 1. The molecule has 4 rings (SSSR count). The Balaban J connectivity index is 1.62. The van der Waals surface area contributed by atoms with Crippen LogP contribution in [0.2, 0.25) is 0 Å². The molecule has 0 unspecified atom stereocenters. The van der Waals surface area contributed by atoms with Crippen molar-refractivity contribution < 1.29 is 14.6 Å². The molecule has 8 heteroatoms. The standard InChI is InChI=1S/C21H19N5O3/c1-22-20(28)17-12-14(9-10-23-17)29-13-7-8-18-16(11-13)25-21(26(18)2)24-15-5-3-4-6-19(15)27/h3-12,27H,1-2H3,(H,22,28)(H,24,25). The highest BCUT2D eigenvalue weighted by atomic mass is 16.5. The molecule has 2 aromatic heterocycles. The second-order valence-corrected chi connectivity index (χ2v) is 6.35. The molecule has 0 atom stereocenters. The minimum absolute atomic E-state index is 0.146. The number of fused-ring (bicyclic) bond motifs is 1. The summed E-state index contributed by atoms with van der Waals surface area (Å²) >= 11 is 0. The zero-order valence-electron chi connectivity index (χ0n) is 15.9. The van der Waals surface area contributed by atoms with E-state index in [1.165, 1.54) is 6.20 Å². The Morgan fingerprint density at radius 2 is 1.90 bits per heavy atom. The van der Waals surface area contributed by atoms with Gasteiger partial charge in [-0.25, -0.2) is 4.98 Å². The largest absolute Gasteiger partial charge is 0.506 e. The maximum atomic E-state index is 11.7. The first-order chi connectivity index (χ1) is 14.0. The number of ether oxygens (including phenoxy) is 1. The molecule has 1 amide bonds. The van der Waals surface area contributed by atoms with E-state index in [9.17, 15) is 9.90 Å². The molecule has 0 fully saturated rings. The lowest BCUT2D eigenvalue weighted by Crippen LogP contribution is -2.18. The number of benzene rings is 2. The predicted octanol–water partition coefficient (Wildman–Crippen LogP) is 3.57. The van der Waals surface area contributed by atoms with Crippen molar-refractivity contribution in [3.8, 4) is 17.2 Å². The van der Waals surface area contributed by atoms with Gasteiger partial charge in [0.25, 0.3) is 5.91 Å². The first kappa shape index (κ1) is 18.3. The van der Waals surface area contributed by atoms with Crippen molar-refractivity contribution in [1.82, 2.24) is 19.9 Å². The van der Waals surface area contributed by atoms with Crippen LogP contribution in [-0.2, 0) is 7.05 Å². The number of nitrogens with zero attached hydrogens (tertiary/aromatic N) is 3. The van der Waals surface area contributed by atoms with Gasteiger partial charge < -0.3 is 25.0 Å². The summed E-state index contributed by atoms with van der Waals surface area (Å²) in [4.78, 5) is 20.4. The van der Waals surface area contributed by atoms with Crippen molar-refractivity contribution in [2.24, 2.45) is 7.05 Å². The molecular formula is C21H19N5O3. The van der Waals surface area contributed by atoms with Crippen LogP contribution in [0.5, 0.6) is 17.2 Å². The van der Waals surface area contributed by atoms with Crippen LogP contribution in [0, 0.1) is 0 Å². The normalized spacial score (nSPS) is 10.7. The van der Waals surface area contributed by atoms with Crippen LogP contribution >= 0.6 is 0 Å². The molecule has 0 aliphatic carbocycles. The highest BCUT2D eigenvalue weighted by molar-refractivity contribution is 5.92. The van der Waals surface area contributed by atoms with Gasteiger partial charge in [-0.05, 0) is 30.3 Å². The van der Waals surface area contributed by atoms with Gasteiger partial charge in [-0.1, -0.05) is 12.1 Å². The fraction of sp³-hybridized carbons (Fsp3) is 0.0952. The first-order valence-electron chi connectivity index (χ1n) is 8.92. The highest BCUT2D eigenvalue weighted by Crippen LogP contribution is 2.30. The Labute approximate surface area is 166 Å². The van der Waals surface area contributed by atoms with Gasteiger partial charge in [0.05, 0.1) is 16.7 Å². The number of aromatic nitrogens is 3. The van der Waals surface area contributed by atoms with Crippen molar-refractivity contribution in [1.29, 1.82) is 0 Å². The number of anilines is 2. The minimum atomic E-state index is -0.282. The van der Waals surface area contributed by atoms with E-state index >= 15 is 0 Å². The quantitative estimate of drug-likeness (QED) is 0.451. The molecule has 2 aromatic carbocycles. The molecule has 0 saturated carbocycles. The summed E-state index contributed by atoms with van der Waals surface area (Å²) in [7, 11) is 3.43. The first-order valence-corrected chi connectivity index (χ1v) is 8.92. The molecule has 4 aromatic rings. The molecule has 0 bridgehead atoms. The average Bonchev–Trinajstić information content (AvgIpc) is 3.04. The number of phenolic OH excluding ortho intramolecular Hbond substituents is 1. The Morgan fingerprint density at radius 1 is 1.10 bits per heavy atom. The van der Waals surface area contributed by atoms with Gasteiger partial charge in [-0.3, -0.25) is 9.78 Å². The maximum absolute atomic E-state index is 11.7. The van der Waals surface area contributed by atoms with Crippen molar-refractivity contribution >= 4 is 28.6 Å². The summed E-state index contributed by atoms with van der Waals surface area (Å²) in [6, 6.07) is 15.8. The van der Waals surface area contributed by atoms with E-state index in [4.69, 9.17) is 4.74 Å². The number of rotatable bonds is 5. The number of para-hydroxylation sites is 2. The summed E-state index contributed by atoms with van der Waals surface area (Å²) in [6.45, 7) is 0. The molecule has 0 saturated heterocycles. The zero-order chi connectivity index (χ0) is 20.4. The number of nitrogens with one attached hydrogen (secondary N) is 2. The van der Waals surface area contributed by atoms with Crippen LogP contribution in [0.4, 0.5) is 11.6 Å². The van der Waals surface area contributed by atoms with E-state index in [-0.39, 0.29) is 17.4 Å². The van der Waals surface area contributed by atoms with E-state index in [1.54, 1.807) is 37.4 Å². The summed E-state index contributed by atoms with van der Waals surface area (Å²) in [5, 5.41) is 15.6. The molecule has 3 N–H and O–H groups in total. The Kier molecular flexibility index (Phi) is 4.74. The summed E-state index contributed by atoms with van der Waals surface area (Å²) in [5.41, 5.74) is 2.47. The van der Waals surface area contributed by atoms with E-state index < -0.39 is 0 Å². The Morgan fingerprint density at radius 3 is 2.69 bits per heavy atom. The number of amides is 1. The maximum Gasteiger partial charge on any atom is 0.269 e. The molecule has 0 spiro atoms. The number of aryl methyl sites for hydroxylation is 1. The number of pyridine rings is 1. The van der Waals surface area contributed by atoms with Crippen LogP contribution < -0.4 is 15.4 Å². The number of carbonyl (C=O) groups is 1. The number of hydrogen-bond acceptors (Lipinski definition) is 6. The lowest BCUT2D eigenvalue weighted by Gasteiger charge is -2.08. The fourth-order valence-corrected chi connectivity index (χ4v) is 2.92. The number of phenols is 1. The number of carbonyl (C=O) groups excluding carboxylic acids is 1. The third kappa shape index (κ3) is 3.68. The molecule has 0 radical (unpaired) electrons. The van der Waals surface area contributed by atoms with Crippen LogP contribution in [-0.4, -0.2) is 32.6 Å². The van der Waals surface area contributed by atoms with Crippen molar-refractivity contribution in [3.05, 3.63) is 66.5 Å². The van der Waals surface area contributed by atoms with Gasteiger partial charge in [0, 0.05) is 32.4 Å². The number of aromatic hydroxyl groups is 1. The molecule has 146 valence electrons. The third-order valence-electron chi connectivity index (χ3n) is 4.43. The zero-order valence-corrected chi connectivity index (χ0v) is 15.9. The van der Waals surface area contributed by atoms with Crippen molar-refractivity contribution in [3.63, 3.8) is 0 Å². The van der Waals surface area contributed by atoms with Crippen LogP contribution in [0.15, 0.2) is 60.8 Å².